The Morgan fingerprint density at radius 3 is 1.80 bits per heavy atom. The van der Waals surface area contributed by atoms with Gasteiger partial charge in [0.25, 0.3) is 0 Å². The number of carbonyl (C=O) groups excluding carboxylic acids is 1. The molecule has 6 nitrogen and oxygen atoms in total. The molecule has 0 saturated heterocycles. The van der Waals surface area contributed by atoms with Gasteiger partial charge in [-0.25, -0.2) is 4.79 Å². The maximum Gasteiger partial charge on any atom is 2.00 e. The van der Waals surface area contributed by atoms with Gasteiger partial charge < -0.3 is 19.1 Å². The second-order valence-corrected chi connectivity index (χ2v) is 7.20. The number of benzene rings is 3. The van der Waals surface area contributed by atoms with Crippen LogP contribution in [0.2, 0.25) is 0 Å². The number of ether oxygens (including phenoxy) is 3. The molecule has 0 radical (unpaired) electrons. The van der Waals surface area contributed by atoms with Crippen molar-refractivity contribution in [1.29, 1.82) is 0 Å². The minimum Gasteiger partial charge on any atom is -0.458 e. The van der Waals surface area contributed by atoms with E-state index < -0.39 is 5.97 Å². The third-order valence-electron chi connectivity index (χ3n) is 4.18. The predicted octanol–water partition coefficient (Wildman–Crippen LogP) is 6.45. The molecule has 35 heavy (non-hydrogen) atoms. The molecular formula is C28H28O6Os. The van der Waals surface area contributed by atoms with Gasteiger partial charge >= 0.3 is 25.8 Å². The molecule has 184 valence electrons. The number of hydrogen-bond donors (Lipinski definition) is 0. The molecule has 0 atom stereocenters. The third kappa shape index (κ3) is 11.6. The SMILES string of the molecule is C=C(C)COO[CH2-].C=C(C)c1ccc(OCOc2ccc(OC(=O)c3cc[c-]cc3)cc2)cc1.[Os+2]. The van der Waals surface area contributed by atoms with Gasteiger partial charge in [0.1, 0.15) is 17.2 Å². The molecule has 0 aromatic heterocycles. The summed E-state index contributed by atoms with van der Waals surface area (Å²) in [5, 5.41) is 0. The minimum absolute atomic E-state index is 0. The van der Waals surface area contributed by atoms with Gasteiger partial charge in [-0.1, -0.05) is 36.4 Å². The van der Waals surface area contributed by atoms with Crippen LogP contribution in [0, 0.1) is 13.2 Å². The quantitative estimate of drug-likeness (QED) is 0.0478. The Balaban J connectivity index is 0.000000672. The molecule has 7 heteroatoms. The van der Waals surface area contributed by atoms with Crippen molar-refractivity contribution in [3.05, 3.63) is 116 Å². The summed E-state index contributed by atoms with van der Waals surface area (Å²) in [4.78, 5) is 20.4. The monoisotopic (exact) mass is 652 g/mol. The van der Waals surface area contributed by atoms with Crippen molar-refractivity contribution in [3.63, 3.8) is 0 Å². The molecule has 0 heterocycles. The Morgan fingerprint density at radius 2 is 1.34 bits per heavy atom. The van der Waals surface area contributed by atoms with Crippen LogP contribution < -0.4 is 14.2 Å². The average Bonchev–Trinajstić information content (AvgIpc) is 2.85. The van der Waals surface area contributed by atoms with Gasteiger partial charge in [0.2, 0.25) is 6.79 Å². The minimum atomic E-state index is -0.417. The normalized spacial score (nSPS) is 9.57. The van der Waals surface area contributed by atoms with E-state index in [1.165, 1.54) is 0 Å². The van der Waals surface area contributed by atoms with Crippen molar-refractivity contribution in [2.24, 2.45) is 0 Å². The van der Waals surface area contributed by atoms with Crippen LogP contribution in [0.1, 0.15) is 29.8 Å². The molecule has 0 bridgehead atoms. The standard InChI is InChI=1S/C23H19O4.C5H9O2.Os/c1-17(2)18-8-10-20(11-9-18)25-16-26-21-12-14-22(15-13-21)27-23(24)19-6-4-3-5-7-19;1-5(2)4-7-6-3;/h4-15H,1,16H2,2H3;1,3-4H2,2H3;/q2*-1;+2. The van der Waals surface area contributed by atoms with Crippen LogP contribution in [-0.2, 0) is 29.6 Å². The van der Waals surface area contributed by atoms with Gasteiger partial charge in [0.15, 0.2) is 0 Å². The van der Waals surface area contributed by atoms with Gasteiger partial charge in [0.05, 0.1) is 6.61 Å². The molecule has 0 fully saturated rings. The topological polar surface area (TPSA) is 63.2 Å². The van der Waals surface area contributed by atoms with Gasteiger partial charge in [-0.05, 0) is 61.4 Å². The van der Waals surface area contributed by atoms with Crippen LogP contribution in [0.4, 0.5) is 0 Å². The molecule has 0 unspecified atom stereocenters. The zero-order valence-corrected chi connectivity index (χ0v) is 22.3. The van der Waals surface area contributed by atoms with Crippen molar-refractivity contribution in [3.8, 4) is 17.2 Å². The molecule has 3 aromatic rings. The molecule has 0 N–H and O–H groups in total. The molecule has 3 aromatic carbocycles. The Morgan fingerprint density at radius 1 is 0.829 bits per heavy atom. The van der Waals surface area contributed by atoms with E-state index in [2.05, 4.69) is 36.1 Å². The number of rotatable bonds is 10. The molecule has 3 rings (SSSR count). The third-order valence-corrected chi connectivity index (χ3v) is 4.18. The maximum absolute atomic E-state index is 12.0. The summed E-state index contributed by atoms with van der Waals surface area (Å²) in [6.45, 7) is 11.8. The van der Waals surface area contributed by atoms with Crippen molar-refractivity contribution in [2.75, 3.05) is 13.4 Å². The first kappa shape index (κ1) is 29.8. The van der Waals surface area contributed by atoms with E-state index in [-0.39, 0.29) is 26.6 Å². The number of esters is 1. The Labute approximate surface area is 220 Å². The zero-order valence-electron chi connectivity index (χ0n) is 19.8. The summed E-state index contributed by atoms with van der Waals surface area (Å²) in [7, 11) is 2.99. The summed E-state index contributed by atoms with van der Waals surface area (Å²) in [6, 6.07) is 23.9. The van der Waals surface area contributed by atoms with E-state index in [0.717, 1.165) is 16.7 Å². The van der Waals surface area contributed by atoms with E-state index in [9.17, 15) is 4.79 Å². The fourth-order valence-electron chi connectivity index (χ4n) is 2.44. The van der Waals surface area contributed by atoms with Gasteiger partial charge in [-0.2, -0.15) is 37.4 Å². The van der Waals surface area contributed by atoms with Crippen LogP contribution in [0.15, 0.2) is 91.5 Å². The first-order valence-corrected chi connectivity index (χ1v) is 10.4. The fraction of sp³-hybridized carbons (Fsp3) is 0.143. The Bertz CT molecular complexity index is 1050. The first-order chi connectivity index (χ1) is 16.4. The van der Waals surface area contributed by atoms with Gasteiger partial charge in [0, 0.05) is 0 Å². The maximum atomic E-state index is 12.0. The largest absolute Gasteiger partial charge is 2.00 e. The van der Waals surface area contributed by atoms with Gasteiger partial charge in [-0.15, -0.1) is 0 Å². The summed E-state index contributed by atoms with van der Waals surface area (Å²) in [5.41, 5.74) is 3.47. The van der Waals surface area contributed by atoms with E-state index in [4.69, 9.17) is 14.2 Å². The van der Waals surface area contributed by atoms with Crippen LogP contribution in [0.5, 0.6) is 17.2 Å². The summed E-state index contributed by atoms with van der Waals surface area (Å²) < 4.78 is 16.4. The zero-order chi connectivity index (χ0) is 24.8. The number of hydrogen-bond acceptors (Lipinski definition) is 6. The first-order valence-electron chi connectivity index (χ1n) is 10.4. The number of allylic oxidation sites excluding steroid dienone is 1. The van der Waals surface area contributed by atoms with Crippen LogP contribution >= 0.6 is 0 Å². The molecule has 0 spiro atoms. The number of carbonyl (C=O) groups is 1. The van der Waals surface area contributed by atoms with Crippen LogP contribution in [-0.4, -0.2) is 19.4 Å². The van der Waals surface area contributed by atoms with Gasteiger partial charge in [-0.3, -0.25) is 4.89 Å². The molecule has 0 amide bonds. The molecule has 0 aliphatic rings. The van der Waals surface area contributed by atoms with Crippen LogP contribution in [0.3, 0.4) is 0 Å². The Hall–Kier alpha value is -3.23. The van der Waals surface area contributed by atoms with Crippen LogP contribution in [0.25, 0.3) is 5.57 Å². The van der Waals surface area contributed by atoms with E-state index in [0.29, 0.717) is 29.4 Å². The van der Waals surface area contributed by atoms with Crippen molar-refractivity contribution < 1.29 is 48.6 Å². The smallest absolute Gasteiger partial charge is 0.458 e. The Kier molecular flexibility index (Phi) is 14.0. The molecule has 0 aliphatic carbocycles. The summed E-state index contributed by atoms with van der Waals surface area (Å²) in [5.74, 6) is 1.35. The summed E-state index contributed by atoms with van der Waals surface area (Å²) >= 11 is 0. The molecule has 0 aliphatic heterocycles. The molecular weight excluding hydrogens is 623 g/mol. The van der Waals surface area contributed by atoms with Crippen molar-refractivity contribution >= 4 is 11.5 Å². The van der Waals surface area contributed by atoms with Crippen molar-refractivity contribution in [1.82, 2.24) is 0 Å². The van der Waals surface area contributed by atoms with Crippen molar-refractivity contribution in [2.45, 2.75) is 13.8 Å². The average molecular weight is 651 g/mol. The van der Waals surface area contributed by atoms with E-state index in [1.54, 1.807) is 48.5 Å². The second kappa shape index (κ2) is 16.4. The predicted molar refractivity (Wildman–Crippen MR) is 131 cm³/mol. The molecule has 0 saturated carbocycles. The fourth-order valence-corrected chi connectivity index (χ4v) is 2.44. The van der Waals surface area contributed by atoms with E-state index in [1.807, 2.05) is 38.1 Å². The summed E-state index contributed by atoms with van der Waals surface area (Å²) in [6.07, 6.45) is 0. The second-order valence-electron chi connectivity index (χ2n) is 7.20. The van der Waals surface area contributed by atoms with E-state index >= 15 is 0 Å².